The van der Waals surface area contributed by atoms with Crippen LogP contribution in [0.1, 0.15) is 107 Å². The van der Waals surface area contributed by atoms with Crippen molar-refractivity contribution in [3.05, 3.63) is 0 Å². The van der Waals surface area contributed by atoms with Crippen molar-refractivity contribution >= 4 is 56.0 Å². The van der Waals surface area contributed by atoms with Gasteiger partial charge >= 0.3 is 58.4 Å². The summed E-state index contributed by atoms with van der Waals surface area (Å²) in [6, 6.07) is 0. The van der Waals surface area contributed by atoms with Crippen molar-refractivity contribution in [2.24, 2.45) is 11.8 Å². The first-order valence-corrected chi connectivity index (χ1v) is 21.5. The third-order valence-electron chi connectivity index (χ3n) is 5.56. The van der Waals surface area contributed by atoms with Crippen LogP contribution < -0.4 is 19.6 Å². The minimum absolute atomic E-state index is 0. The first-order chi connectivity index (χ1) is 14.6. The maximum atomic E-state index is 11.6. The SMILES string of the molecule is CCCCC(CC)CS(C(C)C)=P([O-])([O-])[S-].CCCCC(CC)CS(C(C)C)=P([O-])([O-])[S-].[Zn+2].[Zn+2].[Zn+2]. The molecule has 0 aromatic carbocycles. The molecule has 35 heavy (non-hydrogen) atoms. The Hall–Kier alpha value is 3.97. The maximum absolute atomic E-state index is 11.6. The Morgan fingerprint density at radius 2 is 0.857 bits per heavy atom. The minimum atomic E-state index is -3.57. The molecule has 0 radical (unpaired) electrons. The van der Waals surface area contributed by atoms with Crippen molar-refractivity contribution in [3.63, 3.8) is 0 Å². The van der Waals surface area contributed by atoms with Crippen LogP contribution in [0.15, 0.2) is 0 Å². The fourth-order valence-corrected chi connectivity index (χ4v) is 17.0. The second kappa shape index (κ2) is 26.8. The molecule has 200 valence electrons. The van der Waals surface area contributed by atoms with Crippen molar-refractivity contribution in [1.29, 1.82) is 0 Å². The van der Waals surface area contributed by atoms with Gasteiger partial charge in [0.1, 0.15) is 0 Å². The van der Waals surface area contributed by atoms with Gasteiger partial charge in [-0.05, 0) is 46.7 Å². The van der Waals surface area contributed by atoms with Crippen molar-refractivity contribution < 1.29 is 78.0 Å². The third-order valence-corrected chi connectivity index (χ3v) is 20.8. The summed E-state index contributed by atoms with van der Waals surface area (Å²) in [6.07, 6.45) is 9.13. The van der Waals surface area contributed by atoms with Crippen LogP contribution in [-0.4, -0.2) is 22.0 Å². The summed E-state index contributed by atoms with van der Waals surface area (Å²) in [6.45, 7) is 16.5. The first-order valence-electron chi connectivity index (χ1n) is 12.1. The summed E-state index contributed by atoms with van der Waals surface area (Å²) in [7, 11) is -1.22. The van der Waals surface area contributed by atoms with E-state index in [4.69, 9.17) is 0 Å². The van der Waals surface area contributed by atoms with E-state index in [1.54, 1.807) is 0 Å². The Bertz CT molecular complexity index is 547. The molecule has 4 nitrogen and oxygen atoms in total. The van der Waals surface area contributed by atoms with Crippen LogP contribution in [0.25, 0.3) is 0 Å². The predicted octanol–water partition coefficient (Wildman–Crippen LogP) is 4.34. The molecule has 13 heteroatoms. The zero-order chi connectivity index (χ0) is 25.5. The van der Waals surface area contributed by atoms with E-state index < -0.39 is 31.5 Å². The molecule has 0 rings (SSSR count). The number of hydrogen-bond acceptors (Lipinski definition) is 6. The quantitative estimate of drug-likeness (QED) is 0.149. The van der Waals surface area contributed by atoms with Gasteiger partial charge in [0, 0.05) is 0 Å². The molecule has 0 N–H and O–H groups in total. The largest absolute Gasteiger partial charge is 2.00 e. The van der Waals surface area contributed by atoms with E-state index in [1.165, 1.54) is 25.7 Å². The molecular formula is C22H48O4P2S4Zn3. The van der Waals surface area contributed by atoms with E-state index in [2.05, 4.69) is 52.2 Å². The number of rotatable bonds is 14. The second-order valence-electron chi connectivity index (χ2n) is 8.96. The number of hydrogen-bond donors (Lipinski definition) is 0. The molecule has 0 aromatic rings. The molecule has 0 aliphatic heterocycles. The molecular weight excluding hydrogens is 715 g/mol. The molecule has 0 saturated heterocycles. The van der Waals surface area contributed by atoms with E-state index in [9.17, 15) is 19.6 Å². The normalized spacial score (nSPS) is 15.1. The monoisotopic (exact) mass is 758 g/mol. The predicted molar refractivity (Wildman–Crippen MR) is 150 cm³/mol. The van der Waals surface area contributed by atoms with Crippen molar-refractivity contribution in [3.8, 4) is 0 Å². The average Bonchev–Trinajstić information content (AvgIpc) is 2.66. The van der Waals surface area contributed by atoms with Crippen LogP contribution in [0.3, 0.4) is 0 Å². The van der Waals surface area contributed by atoms with E-state index in [-0.39, 0.29) is 68.9 Å². The van der Waals surface area contributed by atoms with Gasteiger partial charge in [0.2, 0.25) is 0 Å². The molecule has 4 atom stereocenters. The Morgan fingerprint density at radius 1 is 0.600 bits per heavy atom. The molecule has 0 aromatic heterocycles. The molecule has 0 aliphatic rings. The molecule has 0 heterocycles. The molecule has 0 saturated carbocycles. The summed E-state index contributed by atoms with van der Waals surface area (Å²) in [5.74, 6) is 2.60. The van der Waals surface area contributed by atoms with Gasteiger partial charge in [-0.2, -0.15) is 0 Å². The van der Waals surface area contributed by atoms with Gasteiger partial charge < -0.3 is 55.5 Å². The van der Waals surface area contributed by atoms with Crippen LogP contribution in [0.5, 0.6) is 0 Å². The fraction of sp³-hybridized carbons (Fsp3) is 1.00. The van der Waals surface area contributed by atoms with Gasteiger partial charge in [0.25, 0.3) is 0 Å². The average molecular weight is 763 g/mol. The van der Waals surface area contributed by atoms with Crippen LogP contribution in [-0.2, 0) is 103 Å². The van der Waals surface area contributed by atoms with Crippen molar-refractivity contribution in [1.82, 2.24) is 0 Å². The van der Waals surface area contributed by atoms with E-state index in [1.807, 2.05) is 27.7 Å². The molecule has 0 fully saturated rings. The van der Waals surface area contributed by atoms with Crippen molar-refractivity contribution in [2.75, 3.05) is 11.5 Å². The van der Waals surface area contributed by atoms with Gasteiger partial charge in [-0.1, -0.05) is 93.9 Å². The smallest absolute Gasteiger partial charge is 0.854 e. The summed E-state index contributed by atoms with van der Waals surface area (Å²) in [5, 5.41) is 0.327. The Balaban J connectivity index is -0.000000158. The molecule has 0 spiro atoms. The van der Waals surface area contributed by atoms with E-state index >= 15 is 0 Å². The van der Waals surface area contributed by atoms with E-state index in [0.717, 1.165) is 37.2 Å². The van der Waals surface area contributed by atoms with Gasteiger partial charge in [0.15, 0.2) is 0 Å². The molecule has 0 amide bonds. The van der Waals surface area contributed by atoms with Crippen LogP contribution in [0, 0.1) is 11.8 Å². The second-order valence-corrected chi connectivity index (χ2v) is 24.9. The summed E-state index contributed by atoms with van der Waals surface area (Å²) in [4.78, 5) is 46.2. The topological polar surface area (TPSA) is 92.2 Å². The fourth-order valence-electron chi connectivity index (χ4n) is 3.36. The minimum Gasteiger partial charge on any atom is -0.854 e. The first kappa shape index (κ1) is 48.7. The number of unbranched alkanes of at least 4 members (excludes halogenated alkanes) is 2. The van der Waals surface area contributed by atoms with Gasteiger partial charge in [-0.15, -0.1) is 0 Å². The van der Waals surface area contributed by atoms with Crippen LogP contribution >= 0.6 is 11.4 Å². The van der Waals surface area contributed by atoms with Crippen LogP contribution in [0.4, 0.5) is 0 Å². The van der Waals surface area contributed by atoms with E-state index in [0.29, 0.717) is 11.8 Å². The van der Waals surface area contributed by atoms with Gasteiger partial charge in [-0.3, -0.25) is 0 Å². The van der Waals surface area contributed by atoms with Crippen LogP contribution in [0.2, 0.25) is 0 Å². The zero-order valence-corrected chi connectivity index (χ0v) is 37.6. The summed E-state index contributed by atoms with van der Waals surface area (Å²) < 4.78 is 0. The zero-order valence-electron chi connectivity index (χ0n) is 23.7. The van der Waals surface area contributed by atoms with Crippen molar-refractivity contribution in [2.45, 2.75) is 117 Å². The Kier molecular flexibility index (Phi) is 37.3. The molecule has 4 unspecified atom stereocenters. The Labute approximate surface area is 272 Å². The summed E-state index contributed by atoms with van der Waals surface area (Å²) in [5.41, 5.74) is -7.14. The third kappa shape index (κ3) is 25.4. The Morgan fingerprint density at radius 3 is 1.00 bits per heavy atom. The summed E-state index contributed by atoms with van der Waals surface area (Å²) >= 11 is 9.35. The van der Waals surface area contributed by atoms with Gasteiger partial charge in [-0.25, -0.2) is 20.1 Å². The maximum Gasteiger partial charge on any atom is 2.00 e. The van der Waals surface area contributed by atoms with Gasteiger partial charge in [0.05, 0.1) is 0 Å². The molecule has 0 aliphatic carbocycles. The molecule has 0 bridgehead atoms. The standard InChI is InChI=1S/2C11H24O2PS2.3Zn/c2*1-5-7-8-11(6-2)9-16(10(3)4)14(12,13)15;;;/h2*10-11H,5-9H2,1-4H3;;;/q2*-3;3*+2.